The van der Waals surface area contributed by atoms with Gasteiger partial charge < -0.3 is 5.32 Å². The highest BCUT2D eigenvalue weighted by atomic mass is 32.1. The minimum atomic E-state index is -0.136. The molecule has 158 valence electrons. The zero-order valence-electron chi connectivity index (χ0n) is 17.9. The molecule has 0 bridgehead atoms. The summed E-state index contributed by atoms with van der Waals surface area (Å²) >= 11 is 1.21. The first-order chi connectivity index (χ1) is 14.4. The van der Waals surface area contributed by atoms with Crippen LogP contribution < -0.4 is 10.2 Å². The van der Waals surface area contributed by atoms with Crippen LogP contribution in [0.15, 0.2) is 47.3 Å². The molecule has 1 aliphatic heterocycles. The standard InChI is InChI=1S/C24H29N3O2S/c1-16(2)27-21-11-10-20(13-22(21)30-24(27)29)25-23(28)19-8-6-18(7-9-19)15-26-12-4-5-17(3)14-26/h6-11,13,16-17H,4-5,12,14-15H2,1-3H3,(H,25,28)/t17-/m1/s1. The summed E-state index contributed by atoms with van der Waals surface area (Å²) in [5.74, 6) is 0.625. The van der Waals surface area contributed by atoms with Gasteiger partial charge in [-0.1, -0.05) is 30.4 Å². The van der Waals surface area contributed by atoms with Gasteiger partial charge in [0, 0.05) is 30.4 Å². The van der Waals surface area contributed by atoms with Crippen molar-refractivity contribution < 1.29 is 4.79 Å². The average molecular weight is 424 g/mol. The predicted octanol–water partition coefficient (Wildman–Crippen LogP) is 5.13. The number of carbonyl (C=O) groups excluding carboxylic acids is 1. The summed E-state index contributed by atoms with van der Waals surface area (Å²) in [6.07, 6.45) is 2.59. The summed E-state index contributed by atoms with van der Waals surface area (Å²) in [6, 6.07) is 13.6. The Balaban J connectivity index is 1.44. The van der Waals surface area contributed by atoms with E-state index in [1.54, 1.807) is 4.57 Å². The Bertz CT molecular complexity index is 1100. The van der Waals surface area contributed by atoms with Crippen molar-refractivity contribution in [1.82, 2.24) is 9.47 Å². The van der Waals surface area contributed by atoms with Crippen molar-refractivity contribution in [3.05, 3.63) is 63.3 Å². The fourth-order valence-corrected chi connectivity index (χ4v) is 5.31. The fraction of sp³-hybridized carbons (Fsp3) is 0.417. The Hall–Kier alpha value is -2.44. The number of aromatic nitrogens is 1. The number of amides is 1. The number of nitrogens with one attached hydrogen (secondary N) is 1. The highest BCUT2D eigenvalue weighted by Gasteiger charge is 2.16. The normalized spacial score (nSPS) is 17.5. The van der Waals surface area contributed by atoms with E-state index in [0.717, 1.165) is 35.8 Å². The first-order valence-electron chi connectivity index (χ1n) is 10.7. The minimum absolute atomic E-state index is 0.0298. The molecule has 0 unspecified atom stereocenters. The van der Waals surface area contributed by atoms with Crippen LogP contribution in [-0.2, 0) is 6.54 Å². The number of fused-ring (bicyclic) bond motifs is 1. The number of rotatable bonds is 5. The fourth-order valence-electron chi connectivity index (χ4n) is 4.26. The van der Waals surface area contributed by atoms with E-state index >= 15 is 0 Å². The van der Waals surface area contributed by atoms with E-state index in [1.807, 2.05) is 56.3 Å². The summed E-state index contributed by atoms with van der Waals surface area (Å²) in [7, 11) is 0. The second-order valence-electron chi connectivity index (χ2n) is 8.65. The summed E-state index contributed by atoms with van der Waals surface area (Å²) in [6.45, 7) is 9.55. The van der Waals surface area contributed by atoms with Gasteiger partial charge in [0.05, 0.1) is 10.2 Å². The topological polar surface area (TPSA) is 54.3 Å². The monoisotopic (exact) mass is 423 g/mol. The van der Waals surface area contributed by atoms with Crippen LogP contribution in [0.2, 0.25) is 0 Å². The number of piperidine rings is 1. The van der Waals surface area contributed by atoms with E-state index in [-0.39, 0.29) is 16.8 Å². The summed E-state index contributed by atoms with van der Waals surface area (Å²) < 4.78 is 2.67. The molecular formula is C24H29N3O2S. The Morgan fingerprint density at radius 1 is 1.20 bits per heavy atom. The molecule has 0 spiro atoms. The molecule has 1 atom stereocenters. The number of benzene rings is 2. The molecule has 1 amide bonds. The van der Waals surface area contributed by atoms with Crippen molar-refractivity contribution in [3.8, 4) is 0 Å². The van der Waals surface area contributed by atoms with Crippen LogP contribution in [-0.4, -0.2) is 28.5 Å². The van der Waals surface area contributed by atoms with Gasteiger partial charge in [-0.05, 0) is 75.0 Å². The van der Waals surface area contributed by atoms with Gasteiger partial charge in [-0.25, -0.2) is 0 Å². The largest absolute Gasteiger partial charge is 0.322 e. The highest BCUT2D eigenvalue weighted by Crippen LogP contribution is 2.24. The first kappa shape index (κ1) is 20.8. The summed E-state index contributed by atoms with van der Waals surface area (Å²) in [5, 5.41) is 2.96. The molecule has 1 aliphatic rings. The molecule has 0 aliphatic carbocycles. The van der Waals surface area contributed by atoms with Crippen LogP contribution in [0, 0.1) is 5.92 Å². The number of thiazole rings is 1. The van der Waals surface area contributed by atoms with Crippen molar-refractivity contribution in [2.45, 2.75) is 46.2 Å². The minimum Gasteiger partial charge on any atom is -0.322 e. The molecular weight excluding hydrogens is 394 g/mol. The molecule has 2 heterocycles. The summed E-state index contributed by atoms with van der Waals surface area (Å²) in [4.78, 5) is 27.4. The third-order valence-electron chi connectivity index (χ3n) is 5.75. The van der Waals surface area contributed by atoms with Gasteiger partial charge >= 0.3 is 4.87 Å². The van der Waals surface area contributed by atoms with E-state index in [1.165, 1.54) is 29.7 Å². The smallest absolute Gasteiger partial charge is 0.308 e. The Morgan fingerprint density at radius 3 is 2.67 bits per heavy atom. The SMILES string of the molecule is CC(C)n1c(=O)sc2cc(NC(=O)c3ccc(CN4CCC[C@@H](C)C4)cc3)ccc21. The molecule has 0 saturated carbocycles. The maximum atomic E-state index is 12.7. The quantitative estimate of drug-likeness (QED) is 0.619. The second-order valence-corrected chi connectivity index (χ2v) is 9.64. The number of anilines is 1. The van der Waals surface area contributed by atoms with Crippen molar-refractivity contribution in [2.24, 2.45) is 5.92 Å². The lowest BCUT2D eigenvalue weighted by Gasteiger charge is -2.30. The van der Waals surface area contributed by atoms with Gasteiger partial charge in [0.1, 0.15) is 0 Å². The van der Waals surface area contributed by atoms with Gasteiger partial charge in [0.25, 0.3) is 5.91 Å². The van der Waals surface area contributed by atoms with Crippen molar-refractivity contribution in [2.75, 3.05) is 18.4 Å². The lowest BCUT2D eigenvalue weighted by atomic mass is 9.99. The Morgan fingerprint density at radius 2 is 1.97 bits per heavy atom. The van der Waals surface area contributed by atoms with E-state index in [0.29, 0.717) is 11.3 Å². The second kappa shape index (κ2) is 8.74. The maximum Gasteiger partial charge on any atom is 0.308 e. The third-order valence-corrected chi connectivity index (χ3v) is 6.67. The summed E-state index contributed by atoms with van der Waals surface area (Å²) in [5.41, 5.74) is 3.49. The number of nitrogens with zero attached hydrogens (tertiary/aromatic N) is 2. The van der Waals surface area contributed by atoms with Crippen LogP contribution in [0.5, 0.6) is 0 Å². The van der Waals surface area contributed by atoms with Crippen LogP contribution in [0.25, 0.3) is 10.2 Å². The average Bonchev–Trinajstić information content (AvgIpc) is 3.03. The van der Waals surface area contributed by atoms with Gasteiger partial charge in [-0.3, -0.25) is 19.1 Å². The van der Waals surface area contributed by atoms with Gasteiger partial charge in [0.15, 0.2) is 0 Å². The zero-order chi connectivity index (χ0) is 21.3. The van der Waals surface area contributed by atoms with Crippen LogP contribution in [0.1, 0.15) is 55.6 Å². The van der Waals surface area contributed by atoms with Crippen LogP contribution in [0.4, 0.5) is 5.69 Å². The Kier molecular flexibility index (Phi) is 6.06. The molecule has 1 fully saturated rings. The molecule has 30 heavy (non-hydrogen) atoms. The lowest BCUT2D eigenvalue weighted by Crippen LogP contribution is -2.33. The molecule has 1 aromatic heterocycles. The number of hydrogen-bond acceptors (Lipinski definition) is 4. The van der Waals surface area contributed by atoms with E-state index in [9.17, 15) is 9.59 Å². The van der Waals surface area contributed by atoms with Gasteiger partial charge in [-0.15, -0.1) is 0 Å². The van der Waals surface area contributed by atoms with Crippen LogP contribution in [0.3, 0.4) is 0 Å². The van der Waals surface area contributed by atoms with E-state index < -0.39 is 0 Å². The molecule has 5 nitrogen and oxygen atoms in total. The molecule has 1 saturated heterocycles. The van der Waals surface area contributed by atoms with E-state index in [4.69, 9.17) is 0 Å². The van der Waals surface area contributed by atoms with Crippen molar-refractivity contribution in [3.63, 3.8) is 0 Å². The van der Waals surface area contributed by atoms with Gasteiger partial charge in [-0.2, -0.15) is 0 Å². The Labute approximate surface area is 181 Å². The third kappa shape index (κ3) is 4.50. The number of carbonyl (C=O) groups is 1. The molecule has 0 radical (unpaired) electrons. The van der Waals surface area contributed by atoms with Crippen molar-refractivity contribution in [1.29, 1.82) is 0 Å². The zero-order valence-corrected chi connectivity index (χ0v) is 18.7. The molecule has 1 N–H and O–H groups in total. The first-order valence-corrected chi connectivity index (χ1v) is 11.5. The van der Waals surface area contributed by atoms with Gasteiger partial charge in [0.2, 0.25) is 0 Å². The van der Waals surface area contributed by atoms with E-state index in [2.05, 4.69) is 17.1 Å². The van der Waals surface area contributed by atoms with Crippen molar-refractivity contribution >= 4 is 33.1 Å². The predicted molar refractivity (Wildman–Crippen MR) is 125 cm³/mol. The number of hydrogen-bond donors (Lipinski definition) is 1. The highest BCUT2D eigenvalue weighted by molar-refractivity contribution is 7.16. The van der Waals surface area contributed by atoms with Crippen LogP contribution >= 0.6 is 11.3 Å². The maximum absolute atomic E-state index is 12.7. The number of likely N-dealkylation sites (tertiary alicyclic amines) is 1. The molecule has 3 aromatic rings. The molecule has 2 aromatic carbocycles. The molecule has 4 rings (SSSR count). The lowest BCUT2D eigenvalue weighted by molar-refractivity contribution is 0.102. The molecule has 6 heteroatoms.